The number of benzene rings is 3. The van der Waals surface area contributed by atoms with Crippen LogP contribution in [0, 0.1) is 13.8 Å². The van der Waals surface area contributed by atoms with Crippen molar-refractivity contribution in [3.8, 4) is 0 Å². The second-order valence-electron chi connectivity index (χ2n) is 7.58. The van der Waals surface area contributed by atoms with Crippen LogP contribution in [0.15, 0.2) is 66.7 Å². The lowest BCUT2D eigenvalue weighted by Crippen LogP contribution is -2.29. The molecule has 1 amide bonds. The first-order valence-electron chi connectivity index (χ1n) is 9.72. The van der Waals surface area contributed by atoms with Crippen LogP contribution in [0.3, 0.4) is 0 Å². The summed E-state index contributed by atoms with van der Waals surface area (Å²) in [6.07, 6.45) is -4.44. The monoisotopic (exact) mass is 425 g/mol. The number of nitrogens with one attached hydrogen (secondary N) is 1. The van der Waals surface area contributed by atoms with Gasteiger partial charge in [-0.2, -0.15) is 13.2 Å². The number of rotatable bonds is 5. The van der Waals surface area contributed by atoms with Gasteiger partial charge in [0.15, 0.2) is 5.78 Å². The lowest BCUT2D eigenvalue weighted by molar-refractivity contribution is -0.137. The normalized spacial score (nSPS) is 12.3. The highest BCUT2D eigenvalue weighted by Gasteiger charge is 2.30. The molecule has 3 aromatic rings. The highest BCUT2D eigenvalue weighted by molar-refractivity contribution is 5.95. The minimum absolute atomic E-state index is 0.100. The average Bonchev–Trinajstić information content (AvgIpc) is 2.70. The quantitative estimate of drug-likeness (QED) is 0.506. The minimum Gasteiger partial charge on any atom is -0.341 e. The number of ketones is 1. The molecule has 6 heteroatoms. The second-order valence-corrected chi connectivity index (χ2v) is 7.58. The van der Waals surface area contributed by atoms with E-state index in [4.69, 9.17) is 0 Å². The summed E-state index contributed by atoms with van der Waals surface area (Å²) in [6.45, 7) is 5.22. The zero-order valence-electron chi connectivity index (χ0n) is 17.4. The number of aryl methyl sites for hydroxylation is 2. The number of carbonyl (C=O) groups is 2. The Morgan fingerprint density at radius 1 is 0.774 bits per heavy atom. The van der Waals surface area contributed by atoms with E-state index in [1.165, 1.54) is 19.1 Å². The van der Waals surface area contributed by atoms with Crippen molar-refractivity contribution in [1.29, 1.82) is 0 Å². The van der Waals surface area contributed by atoms with Gasteiger partial charge in [-0.25, -0.2) is 0 Å². The smallest absolute Gasteiger partial charge is 0.341 e. The summed E-state index contributed by atoms with van der Waals surface area (Å²) in [5.41, 5.74) is 3.24. The molecule has 1 atom stereocenters. The summed E-state index contributed by atoms with van der Waals surface area (Å²) in [4.78, 5) is 24.5. The molecule has 0 saturated heterocycles. The van der Waals surface area contributed by atoms with Crippen LogP contribution in [-0.4, -0.2) is 11.7 Å². The van der Waals surface area contributed by atoms with Gasteiger partial charge in [0, 0.05) is 11.1 Å². The van der Waals surface area contributed by atoms with Crippen LogP contribution in [0.2, 0.25) is 0 Å². The standard InChI is InChI=1S/C25H22F3NO2/c1-15-12-16(2)14-21(13-15)24(31)29-23(19-6-4-18(5-7-19)17(3)30)20-8-10-22(11-9-20)25(26,27)28/h4-14,23H,1-3H3,(H,29,31). The van der Waals surface area contributed by atoms with Gasteiger partial charge in [0.1, 0.15) is 0 Å². The third kappa shape index (κ3) is 5.40. The van der Waals surface area contributed by atoms with Crippen molar-refractivity contribution in [2.75, 3.05) is 0 Å². The highest BCUT2D eigenvalue weighted by Crippen LogP contribution is 2.31. The van der Waals surface area contributed by atoms with Crippen LogP contribution in [0.4, 0.5) is 13.2 Å². The molecule has 31 heavy (non-hydrogen) atoms. The molecule has 0 aliphatic heterocycles. The van der Waals surface area contributed by atoms with Gasteiger partial charge in [0.25, 0.3) is 5.91 Å². The average molecular weight is 425 g/mol. The van der Waals surface area contributed by atoms with Crippen LogP contribution >= 0.6 is 0 Å². The summed E-state index contributed by atoms with van der Waals surface area (Å²) >= 11 is 0. The van der Waals surface area contributed by atoms with Crippen molar-refractivity contribution in [1.82, 2.24) is 5.32 Å². The Kier molecular flexibility index (Phi) is 6.29. The summed E-state index contributed by atoms with van der Waals surface area (Å²) in [6, 6.07) is 16.1. The SMILES string of the molecule is CC(=O)c1ccc(C(NC(=O)c2cc(C)cc(C)c2)c2ccc(C(F)(F)F)cc2)cc1. The number of halogens is 3. The van der Waals surface area contributed by atoms with Crippen molar-refractivity contribution < 1.29 is 22.8 Å². The van der Waals surface area contributed by atoms with Gasteiger partial charge < -0.3 is 5.32 Å². The number of carbonyl (C=O) groups excluding carboxylic acids is 2. The van der Waals surface area contributed by atoms with Gasteiger partial charge in [0.05, 0.1) is 11.6 Å². The second kappa shape index (κ2) is 8.76. The summed E-state index contributed by atoms with van der Waals surface area (Å²) in [5.74, 6) is -0.441. The molecule has 0 aromatic heterocycles. The van der Waals surface area contributed by atoms with E-state index in [0.717, 1.165) is 23.3 Å². The molecule has 3 nitrogen and oxygen atoms in total. The fourth-order valence-electron chi connectivity index (χ4n) is 3.45. The molecule has 0 aliphatic carbocycles. The zero-order chi connectivity index (χ0) is 22.8. The Labute approximate surface area is 178 Å². The van der Waals surface area contributed by atoms with Crippen LogP contribution in [0.5, 0.6) is 0 Å². The minimum atomic E-state index is -4.44. The molecule has 0 saturated carbocycles. The number of Topliss-reactive ketones (excluding diaryl/α,β-unsaturated/α-hetero) is 1. The summed E-state index contributed by atoms with van der Waals surface area (Å²) in [5, 5.41) is 2.92. The first kappa shape index (κ1) is 22.3. The highest BCUT2D eigenvalue weighted by atomic mass is 19.4. The fourth-order valence-corrected chi connectivity index (χ4v) is 3.45. The molecule has 0 aliphatic rings. The van der Waals surface area contributed by atoms with Crippen molar-refractivity contribution >= 4 is 11.7 Å². The van der Waals surface area contributed by atoms with Gasteiger partial charge in [0.2, 0.25) is 0 Å². The van der Waals surface area contributed by atoms with Gasteiger partial charge in [-0.05, 0) is 56.2 Å². The van der Waals surface area contributed by atoms with Crippen molar-refractivity contribution in [3.05, 3.63) is 106 Å². The molecule has 0 bridgehead atoms. The van der Waals surface area contributed by atoms with Gasteiger partial charge >= 0.3 is 6.18 Å². The molecular formula is C25H22F3NO2. The van der Waals surface area contributed by atoms with E-state index >= 15 is 0 Å². The van der Waals surface area contributed by atoms with Crippen molar-refractivity contribution in [2.45, 2.75) is 33.0 Å². The first-order valence-corrected chi connectivity index (χ1v) is 9.72. The van der Waals surface area contributed by atoms with Crippen LogP contribution in [0.25, 0.3) is 0 Å². The molecule has 1 unspecified atom stereocenters. The predicted molar refractivity (Wildman–Crippen MR) is 113 cm³/mol. The van der Waals surface area contributed by atoms with E-state index in [0.29, 0.717) is 22.3 Å². The topological polar surface area (TPSA) is 46.2 Å². The lowest BCUT2D eigenvalue weighted by Gasteiger charge is -2.21. The van der Waals surface area contributed by atoms with E-state index in [1.807, 2.05) is 19.9 Å². The van der Waals surface area contributed by atoms with E-state index in [1.54, 1.807) is 36.4 Å². The van der Waals surface area contributed by atoms with E-state index in [9.17, 15) is 22.8 Å². The number of amides is 1. The van der Waals surface area contributed by atoms with Crippen LogP contribution < -0.4 is 5.32 Å². The summed E-state index contributed by atoms with van der Waals surface area (Å²) < 4.78 is 38.9. The zero-order valence-corrected chi connectivity index (χ0v) is 17.4. The van der Waals surface area contributed by atoms with E-state index < -0.39 is 17.8 Å². The number of hydrogen-bond donors (Lipinski definition) is 1. The van der Waals surface area contributed by atoms with Crippen LogP contribution in [0.1, 0.15) is 61.5 Å². The Hall–Kier alpha value is -3.41. The largest absolute Gasteiger partial charge is 0.416 e. The maximum Gasteiger partial charge on any atom is 0.416 e. The Morgan fingerprint density at radius 3 is 1.71 bits per heavy atom. The van der Waals surface area contributed by atoms with Crippen molar-refractivity contribution in [3.63, 3.8) is 0 Å². The first-order chi connectivity index (χ1) is 14.5. The molecule has 0 spiro atoms. The van der Waals surface area contributed by atoms with Gasteiger partial charge in [-0.1, -0.05) is 53.6 Å². The van der Waals surface area contributed by atoms with Crippen LogP contribution in [-0.2, 0) is 6.18 Å². The molecule has 3 rings (SSSR count). The number of hydrogen-bond acceptors (Lipinski definition) is 2. The molecular weight excluding hydrogens is 403 g/mol. The van der Waals surface area contributed by atoms with Gasteiger partial charge in [-0.15, -0.1) is 0 Å². The molecule has 1 N–H and O–H groups in total. The summed E-state index contributed by atoms with van der Waals surface area (Å²) in [7, 11) is 0. The molecule has 0 heterocycles. The Morgan fingerprint density at radius 2 is 1.26 bits per heavy atom. The maximum atomic E-state index is 13.0. The predicted octanol–water partition coefficient (Wildman–Crippen LogP) is 6.04. The van der Waals surface area contributed by atoms with Gasteiger partial charge in [-0.3, -0.25) is 9.59 Å². The molecule has 0 fully saturated rings. The Bertz CT molecular complexity index is 1080. The fraction of sp³-hybridized carbons (Fsp3) is 0.200. The van der Waals surface area contributed by atoms with E-state index in [-0.39, 0.29) is 11.7 Å². The third-order valence-electron chi connectivity index (χ3n) is 4.98. The Balaban J connectivity index is 1.99. The number of alkyl halides is 3. The maximum absolute atomic E-state index is 13.0. The van der Waals surface area contributed by atoms with Crippen molar-refractivity contribution in [2.24, 2.45) is 0 Å². The van der Waals surface area contributed by atoms with E-state index in [2.05, 4.69) is 5.32 Å². The third-order valence-corrected chi connectivity index (χ3v) is 4.98. The molecule has 0 radical (unpaired) electrons. The molecule has 160 valence electrons. The molecule has 3 aromatic carbocycles. The lowest BCUT2D eigenvalue weighted by atomic mass is 9.95.